The Morgan fingerprint density at radius 3 is 2.31 bits per heavy atom. The molecule has 0 heterocycles. The highest BCUT2D eigenvalue weighted by atomic mass is 79.9. The zero-order valence-electron chi connectivity index (χ0n) is 7.05. The predicted molar refractivity (Wildman–Crippen MR) is 59.0 cm³/mol. The molecule has 0 fully saturated rings. The van der Waals surface area contributed by atoms with Crippen LogP contribution in [0.1, 0.15) is 16.7 Å². The second-order valence-corrected chi connectivity index (χ2v) is 3.30. The van der Waals surface area contributed by atoms with E-state index in [1.807, 2.05) is 6.07 Å². The van der Waals surface area contributed by atoms with Crippen LogP contribution < -0.4 is 0 Å². The van der Waals surface area contributed by atoms with Crippen molar-refractivity contribution in [2.24, 2.45) is 0 Å². The quantitative estimate of drug-likeness (QED) is 0.766. The molecule has 2 heteroatoms. The Hall–Kier alpha value is -1.33. The summed E-state index contributed by atoms with van der Waals surface area (Å²) in [5.74, 6) is 0. The fraction of sp³-hybridized carbons (Fsp3) is 0. The molecule has 1 aromatic rings. The Labute approximate surface area is 86.1 Å². The lowest BCUT2D eigenvalue weighted by Crippen LogP contribution is -1.87. The summed E-state index contributed by atoms with van der Waals surface area (Å²) >= 11 is 3.38. The Balaban J connectivity index is 3.56. The molecule has 0 saturated carbocycles. The molecule has 0 amide bonds. The smallest absolute Gasteiger partial charge is 0.0998 e. The van der Waals surface area contributed by atoms with Crippen LogP contribution in [-0.4, -0.2) is 0 Å². The number of hydrogen-bond donors (Lipinski definition) is 0. The van der Waals surface area contributed by atoms with Gasteiger partial charge in [-0.15, -0.1) is 0 Å². The summed E-state index contributed by atoms with van der Waals surface area (Å²) in [5, 5.41) is 8.81. The van der Waals surface area contributed by atoms with Gasteiger partial charge in [0.2, 0.25) is 0 Å². The molecule has 1 aromatic carbocycles. The van der Waals surface area contributed by atoms with Crippen molar-refractivity contribution in [1.82, 2.24) is 0 Å². The molecule has 1 rings (SSSR count). The van der Waals surface area contributed by atoms with Crippen molar-refractivity contribution in [3.63, 3.8) is 0 Å². The topological polar surface area (TPSA) is 23.8 Å². The molecule has 0 aromatic heterocycles. The average molecular weight is 234 g/mol. The van der Waals surface area contributed by atoms with Crippen molar-refractivity contribution in [1.29, 1.82) is 5.26 Å². The number of hydrogen-bond acceptors (Lipinski definition) is 1. The molecule has 0 unspecified atom stereocenters. The molecule has 0 radical (unpaired) electrons. The minimum atomic E-state index is 0.619. The summed E-state index contributed by atoms with van der Waals surface area (Å²) in [7, 11) is 0. The van der Waals surface area contributed by atoms with Gasteiger partial charge in [0.05, 0.1) is 11.6 Å². The molecule has 0 N–H and O–H groups in total. The van der Waals surface area contributed by atoms with E-state index in [-0.39, 0.29) is 0 Å². The number of nitriles is 1. The second-order valence-electron chi connectivity index (χ2n) is 2.44. The van der Waals surface area contributed by atoms with Crippen molar-refractivity contribution in [3.05, 3.63) is 46.5 Å². The first-order valence-corrected chi connectivity index (χ1v) is 4.51. The van der Waals surface area contributed by atoms with Gasteiger partial charge < -0.3 is 0 Å². The van der Waals surface area contributed by atoms with Gasteiger partial charge >= 0.3 is 0 Å². The van der Waals surface area contributed by atoms with Crippen molar-refractivity contribution in [3.8, 4) is 6.07 Å². The highest BCUT2D eigenvalue weighted by molar-refractivity contribution is 9.10. The Morgan fingerprint density at radius 1 is 1.23 bits per heavy atom. The van der Waals surface area contributed by atoms with E-state index in [4.69, 9.17) is 5.26 Å². The highest BCUT2D eigenvalue weighted by Crippen LogP contribution is 2.25. The lowest BCUT2D eigenvalue weighted by Gasteiger charge is -2.05. The second kappa shape index (κ2) is 4.06. The van der Waals surface area contributed by atoms with Crippen molar-refractivity contribution >= 4 is 28.1 Å². The zero-order chi connectivity index (χ0) is 9.84. The van der Waals surface area contributed by atoms with Crippen molar-refractivity contribution < 1.29 is 0 Å². The van der Waals surface area contributed by atoms with E-state index in [0.29, 0.717) is 5.56 Å². The minimum absolute atomic E-state index is 0.619. The number of benzene rings is 1. The van der Waals surface area contributed by atoms with Crippen LogP contribution in [0, 0.1) is 11.3 Å². The van der Waals surface area contributed by atoms with Crippen LogP contribution in [0.2, 0.25) is 0 Å². The lowest BCUT2D eigenvalue weighted by atomic mass is 10.0. The molecule has 0 saturated heterocycles. The summed E-state index contributed by atoms with van der Waals surface area (Å²) in [6.07, 6.45) is 3.38. The molecule has 13 heavy (non-hydrogen) atoms. The molecule has 0 spiro atoms. The molecule has 1 nitrogen and oxygen atoms in total. The van der Waals surface area contributed by atoms with Gasteiger partial charge in [0.25, 0.3) is 0 Å². The van der Waals surface area contributed by atoms with E-state index in [1.54, 1.807) is 18.2 Å². The van der Waals surface area contributed by atoms with Crippen LogP contribution in [0.5, 0.6) is 0 Å². The van der Waals surface area contributed by atoms with E-state index in [0.717, 1.165) is 15.6 Å². The van der Waals surface area contributed by atoms with Crippen LogP contribution in [0.3, 0.4) is 0 Å². The highest BCUT2D eigenvalue weighted by Gasteiger charge is 2.05. The Bertz CT molecular complexity index is 399. The summed E-state index contributed by atoms with van der Waals surface area (Å²) in [4.78, 5) is 0. The van der Waals surface area contributed by atoms with E-state index in [9.17, 15) is 0 Å². The fourth-order valence-electron chi connectivity index (χ4n) is 1.13. The van der Waals surface area contributed by atoms with Gasteiger partial charge in [0.15, 0.2) is 0 Å². The number of rotatable bonds is 2. The number of nitrogens with zero attached hydrogens (tertiary/aromatic N) is 1. The maximum Gasteiger partial charge on any atom is 0.0998 e. The summed E-state index contributed by atoms with van der Waals surface area (Å²) in [6.45, 7) is 7.36. The first-order chi connectivity index (χ1) is 6.24. The fourth-order valence-corrected chi connectivity index (χ4v) is 1.64. The minimum Gasteiger partial charge on any atom is -0.192 e. The largest absolute Gasteiger partial charge is 0.192 e. The maximum absolute atomic E-state index is 8.81. The standard InChI is InChI=1S/C11H8BrN/c1-3-9-8(7-13)5-6-11(12)10(9)4-2/h3-6H,1-2H2. The predicted octanol–water partition coefficient (Wildman–Crippen LogP) is 3.61. The van der Waals surface area contributed by atoms with Crippen LogP contribution in [-0.2, 0) is 0 Å². The van der Waals surface area contributed by atoms with Gasteiger partial charge in [0.1, 0.15) is 0 Å². The third-order valence-corrected chi connectivity index (χ3v) is 2.45. The van der Waals surface area contributed by atoms with Gasteiger partial charge in [-0.05, 0) is 23.3 Å². The molecule has 64 valence electrons. The monoisotopic (exact) mass is 233 g/mol. The zero-order valence-corrected chi connectivity index (χ0v) is 8.63. The first-order valence-electron chi connectivity index (χ1n) is 3.72. The van der Waals surface area contributed by atoms with Crippen LogP contribution >= 0.6 is 15.9 Å². The molecule has 0 aliphatic carbocycles. The Morgan fingerprint density at radius 2 is 1.85 bits per heavy atom. The molecular weight excluding hydrogens is 226 g/mol. The van der Waals surface area contributed by atoms with Crippen LogP contribution in [0.4, 0.5) is 0 Å². The molecule has 0 aliphatic heterocycles. The van der Waals surface area contributed by atoms with Gasteiger partial charge in [-0.2, -0.15) is 5.26 Å². The van der Waals surface area contributed by atoms with Crippen molar-refractivity contribution in [2.75, 3.05) is 0 Å². The number of halogens is 1. The maximum atomic E-state index is 8.81. The normalized spacial score (nSPS) is 8.92. The van der Waals surface area contributed by atoms with E-state index in [2.05, 4.69) is 35.2 Å². The lowest BCUT2D eigenvalue weighted by molar-refractivity contribution is 1.45. The van der Waals surface area contributed by atoms with Crippen LogP contribution in [0.25, 0.3) is 12.2 Å². The van der Waals surface area contributed by atoms with Gasteiger partial charge in [-0.25, -0.2) is 0 Å². The third-order valence-electron chi connectivity index (χ3n) is 1.76. The summed E-state index contributed by atoms with van der Waals surface area (Å²) in [6, 6.07) is 5.70. The average Bonchev–Trinajstić information content (AvgIpc) is 2.17. The Kier molecular flexibility index (Phi) is 3.05. The van der Waals surface area contributed by atoms with E-state index < -0.39 is 0 Å². The SMILES string of the molecule is C=Cc1c(Br)ccc(C#N)c1C=C. The van der Waals surface area contributed by atoms with E-state index >= 15 is 0 Å². The molecular formula is C11H8BrN. The van der Waals surface area contributed by atoms with Gasteiger partial charge in [0, 0.05) is 4.47 Å². The molecule has 0 bridgehead atoms. The molecule has 0 aliphatic rings. The van der Waals surface area contributed by atoms with Crippen molar-refractivity contribution in [2.45, 2.75) is 0 Å². The van der Waals surface area contributed by atoms with Gasteiger partial charge in [-0.1, -0.05) is 41.2 Å². The molecule has 0 atom stereocenters. The summed E-state index contributed by atoms with van der Waals surface area (Å²) in [5.41, 5.74) is 2.36. The van der Waals surface area contributed by atoms with Gasteiger partial charge in [-0.3, -0.25) is 0 Å². The first kappa shape index (κ1) is 9.76. The summed E-state index contributed by atoms with van der Waals surface area (Å²) < 4.78 is 0.927. The van der Waals surface area contributed by atoms with Crippen LogP contribution in [0.15, 0.2) is 29.8 Å². The third kappa shape index (κ3) is 1.71. The van der Waals surface area contributed by atoms with E-state index in [1.165, 1.54) is 0 Å².